The fourth-order valence-corrected chi connectivity index (χ4v) is 1.78. The van der Waals surface area contributed by atoms with E-state index in [9.17, 15) is 9.59 Å². The smallest absolute Gasteiger partial charge is 0.220 e. The summed E-state index contributed by atoms with van der Waals surface area (Å²) in [6, 6.07) is 0. The molecule has 2 atom stereocenters. The standard InChI is InChI=1S/C15H29NO3/c1-5-6-10-15(18)16-11-14(17)12(2)8-7-9-13(3)19-4/h12-13H,5-11H2,1-4H3,(H,16,18). The number of amides is 1. The predicted molar refractivity (Wildman–Crippen MR) is 77.0 cm³/mol. The minimum absolute atomic E-state index is 0.00975. The first-order valence-corrected chi connectivity index (χ1v) is 7.33. The van der Waals surface area contributed by atoms with Crippen LogP contribution in [-0.4, -0.2) is 31.4 Å². The number of hydrogen-bond donors (Lipinski definition) is 1. The first kappa shape index (κ1) is 18.1. The van der Waals surface area contributed by atoms with Gasteiger partial charge in [-0.25, -0.2) is 0 Å². The van der Waals surface area contributed by atoms with Crippen LogP contribution in [-0.2, 0) is 14.3 Å². The molecule has 0 spiro atoms. The van der Waals surface area contributed by atoms with Crippen LogP contribution in [0.5, 0.6) is 0 Å². The van der Waals surface area contributed by atoms with Crippen LogP contribution < -0.4 is 5.32 Å². The third-order valence-corrected chi connectivity index (χ3v) is 3.42. The molecule has 0 aromatic carbocycles. The molecule has 4 nitrogen and oxygen atoms in total. The van der Waals surface area contributed by atoms with E-state index in [2.05, 4.69) is 5.32 Å². The van der Waals surface area contributed by atoms with Gasteiger partial charge < -0.3 is 10.1 Å². The van der Waals surface area contributed by atoms with Gasteiger partial charge >= 0.3 is 0 Å². The molecule has 0 aromatic rings. The Kier molecular flexibility index (Phi) is 10.5. The number of hydrogen-bond acceptors (Lipinski definition) is 3. The summed E-state index contributed by atoms with van der Waals surface area (Å²) >= 11 is 0. The fourth-order valence-electron chi connectivity index (χ4n) is 1.78. The zero-order valence-electron chi connectivity index (χ0n) is 12.8. The Labute approximate surface area is 117 Å². The van der Waals surface area contributed by atoms with Gasteiger partial charge in [0.05, 0.1) is 12.6 Å². The number of carbonyl (C=O) groups is 2. The van der Waals surface area contributed by atoms with E-state index in [4.69, 9.17) is 4.74 Å². The number of rotatable bonds is 11. The summed E-state index contributed by atoms with van der Waals surface area (Å²) in [5, 5.41) is 2.70. The van der Waals surface area contributed by atoms with E-state index in [0.717, 1.165) is 32.1 Å². The second kappa shape index (κ2) is 11.0. The van der Waals surface area contributed by atoms with Gasteiger partial charge in [0.2, 0.25) is 5.91 Å². The molecule has 0 bridgehead atoms. The Hall–Kier alpha value is -0.900. The highest BCUT2D eigenvalue weighted by Crippen LogP contribution is 2.11. The molecule has 0 saturated heterocycles. The molecule has 0 fully saturated rings. The van der Waals surface area contributed by atoms with Gasteiger partial charge in [0, 0.05) is 19.4 Å². The molecule has 0 saturated carbocycles. The Balaban J connectivity index is 3.72. The van der Waals surface area contributed by atoms with E-state index >= 15 is 0 Å². The summed E-state index contributed by atoms with van der Waals surface area (Å²) < 4.78 is 5.17. The third-order valence-electron chi connectivity index (χ3n) is 3.42. The van der Waals surface area contributed by atoms with E-state index < -0.39 is 0 Å². The summed E-state index contributed by atoms with van der Waals surface area (Å²) in [5.74, 6) is 0.112. The molecule has 2 unspecified atom stereocenters. The monoisotopic (exact) mass is 271 g/mol. The summed E-state index contributed by atoms with van der Waals surface area (Å²) in [6.07, 6.45) is 5.44. The minimum Gasteiger partial charge on any atom is -0.382 e. The minimum atomic E-state index is -0.0181. The van der Waals surface area contributed by atoms with Gasteiger partial charge in [-0.1, -0.05) is 26.7 Å². The molecule has 19 heavy (non-hydrogen) atoms. The Morgan fingerprint density at radius 1 is 1.16 bits per heavy atom. The summed E-state index contributed by atoms with van der Waals surface area (Å²) in [6.45, 7) is 6.17. The quantitative estimate of drug-likeness (QED) is 0.628. The van der Waals surface area contributed by atoms with Crippen molar-refractivity contribution in [1.29, 1.82) is 0 Å². The van der Waals surface area contributed by atoms with Crippen molar-refractivity contribution >= 4 is 11.7 Å². The number of unbranched alkanes of at least 4 members (excludes halogenated alkanes) is 1. The molecule has 1 N–H and O–H groups in total. The molecule has 0 aliphatic rings. The molecule has 0 radical (unpaired) electrons. The second-order valence-corrected chi connectivity index (χ2v) is 5.22. The summed E-state index contributed by atoms with van der Waals surface area (Å²) in [5.41, 5.74) is 0. The first-order chi connectivity index (χ1) is 9.01. The maximum Gasteiger partial charge on any atom is 0.220 e. The number of ether oxygens (including phenoxy) is 1. The SMILES string of the molecule is CCCCC(=O)NCC(=O)C(C)CCCC(C)OC. The van der Waals surface area contributed by atoms with Crippen LogP contribution in [0.1, 0.15) is 59.3 Å². The van der Waals surface area contributed by atoms with Crippen molar-refractivity contribution in [3.8, 4) is 0 Å². The van der Waals surface area contributed by atoms with Gasteiger partial charge in [-0.15, -0.1) is 0 Å². The van der Waals surface area contributed by atoms with Crippen LogP contribution in [0.2, 0.25) is 0 Å². The predicted octanol–water partition coefficient (Wildman–Crippen LogP) is 2.70. The lowest BCUT2D eigenvalue weighted by Crippen LogP contribution is -2.32. The molecule has 112 valence electrons. The maximum atomic E-state index is 11.8. The van der Waals surface area contributed by atoms with Crippen molar-refractivity contribution in [2.45, 2.75) is 65.4 Å². The zero-order valence-corrected chi connectivity index (χ0v) is 12.8. The Bertz CT molecular complexity index is 266. The fraction of sp³-hybridized carbons (Fsp3) is 0.867. The third kappa shape index (κ3) is 9.65. The van der Waals surface area contributed by atoms with Crippen LogP contribution in [0, 0.1) is 5.92 Å². The van der Waals surface area contributed by atoms with Crippen molar-refractivity contribution in [3.63, 3.8) is 0 Å². The van der Waals surface area contributed by atoms with Gasteiger partial charge in [-0.05, 0) is 26.2 Å². The van der Waals surface area contributed by atoms with Crippen LogP contribution in [0.3, 0.4) is 0 Å². The summed E-state index contributed by atoms with van der Waals surface area (Å²) in [4.78, 5) is 23.2. The van der Waals surface area contributed by atoms with Gasteiger partial charge in [0.15, 0.2) is 5.78 Å². The van der Waals surface area contributed by atoms with Crippen molar-refractivity contribution in [1.82, 2.24) is 5.32 Å². The zero-order chi connectivity index (χ0) is 14.7. The van der Waals surface area contributed by atoms with Crippen LogP contribution >= 0.6 is 0 Å². The molecular weight excluding hydrogens is 242 g/mol. The normalized spacial score (nSPS) is 13.9. The van der Waals surface area contributed by atoms with E-state index in [1.165, 1.54) is 0 Å². The Morgan fingerprint density at radius 3 is 2.42 bits per heavy atom. The molecule has 0 aliphatic carbocycles. The van der Waals surface area contributed by atoms with Crippen LogP contribution in [0.4, 0.5) is 0 Å². The number of ketones is 1. The van der Waals surface area contributed by atoms with Crippen molar-refractivity contribution < 1.29 is 14.3 Å². The lowest BCUT2D eigenvalue weighted by atomic mass is 9.98. The van der Waals surface area contributed by atoms with Gasteiger partial charge in [0.1, 0.15) is 0 Å². The van der Waals surface area contributed by atoms with Crippen molar-refractivity contribution in [3.05, 3.63) is 0 Å². The topological polar surface area (TPSA) is 55.4 Å². The molecule has 0 heterocycles. The second-order valence-electron chi connectivity index (χ2n) is 5.22. The average molecular weight is 271 g/mol. The highest BCUT2D eigenvalue weighted by Gasteiger charge is 2.14. The molecule has 1 amide bonds. The van der Waals surface area contributed by atoms with Crippen molar-refractivity contribution in [2.75, 3.05) is 13.7 Å². The maximum absolute atomic E-state index is 11.8. The van der Waals surface area contributed by atoms with Gasteiger partial charge in [0.25, 0.3) is 0 Å². The highest BCUT2D eigenvalue weighted by molar-refractivity contribution is 5.87. The van der Waals surface area contributed by atoms with E-state index in [-0.39, 0.29) is 30.3 Å². The summed E-state index contributed by atoms with van der Waals surface area (Å²) in [7, 11) is 1.70. The molecule has 0 rings (SSSR count). The molecule has 4 heteroatoms. The molecular formula is C15H29NO3. The van der Waals surface area contributed by atoms with Gasteiger partial charge in [-0.2, -0.15) is 0 Å². The average Bonchev–Trinajstić information content (AvgIpc) is 2.41. The molecule has 0 aromatic heterocycles. The van der Waals surface area contributed by atoms with Gasteiger partial charge in [-0.3, -0.25) is 9.59 Å². The highest BCUT2D eigenvalue weighted by atomic mass is 16.5. The number of Topliss-reactive ketones (excluding diaryl/α,β-unsaturated/α-hetero) is 1. The number of methoxy groups -OCH3 is 1. The van der Waals surface area contributed by atoms with E-state index in [1.807, 2.05) is 20.8 Å². The van der Waals surface area contributed by atoms with Crippen molar-refractivity contribution in [2.24, 2.45) is 5.92 Å². The number of nitrogens with one attached hydrogen (secondary N) is 1. The first-order valence-electron chi connectivity index (χ1n) is 7.33. The van der Waals surface area contributed by atoms with Crippen LogP contribution in [0.15, 0.2) is 0 Å². The lowest BCUT2D eigenvalue weighted by molar-refractivity contribution is -0.126. The number of carbonyl (C=O) groups excluding carboxylic acids is 2. The Morgan fingerprint density at radius 2 is 1.84 bits per heavy atom. The van der Waals surface area contributed by atoms with E-state index in [1.54, 1.807) is 7.11 Å². The molecule has 0 aliphatic heterocycles. The lowest BCUT2D eigenvalue weighted by Gasteiger charge is -2.13. The van der Waals surface area contributed by atoms with Crippen LogP contribution in [0.25, 0.3) is 0 Å². The largest absolute Gasteiger partial charge is 0.382 e. The van der Waals surface area contributed by atoms with E-state index in [0.29, 0.717) is 6.42 Å².